The van der Waals surface area contributed by atoms with Crippen molar-refractivity contribution in [3.63, 3.8) is 0 Å². The second-order valence-electron chi connectivity index (χ2n) is 10.2. The van der Waals surface area contributed by atoms with E-state index in [1.807, 2.05) is 45.0 Å². The van der Waals surface area contributed by atoms with Gasteiger partial charge in [0.2, 0.25) is 0 Å². The lowest BCUT2D eigenvalue weighted by Gasteiger charge is -2.39. The molecule has 1 saturated heterocycles. The first kappa shape index (κ1) is 35.1. The second-order valence-corrected chi connectivity index (χ2v) is 13.8. The number of carbonyl (C=O) groups is 1. The number of carbonyl (C=O) groups excluding carboxylic acids is 1. The predicted octanol–water partition coefficient (Wildman–Crippen LogP) is 5.42. The number of likely N-dealkylation sites (tertiary alicyclic amines) is 1. The molecular formula is C25H29F6NO8S2. The molecule has 0 atom stereocenters. The maximum Gasteiger partial charge on any atom is 0.523 e. The van der Waals surface area contributed by atoms with E-state index in [1.54, 1.807) is 29.2 Å². The van der Waals surface area contributed by atoms with Gasteiger partial charge in [-0.3, -0.25) is 4.18 Å². The minimum Gasteiger partial charge on any atom is -0.493 e. The maximum atomic E-state index is 11.9. The number of hydrogen-bond acceptors (Lipinski definition) is 8. The van der Waals surface area contributed by atoms with Crippen LogP contribution < -0.4 is 4.74 Å². The molecule has 236 valence electrons. The van der Waals surface area contributed by atoms with Gasteiger partial charge < -0.3 is 14.4 Å². The van der Waals surface area contributed by atoms with Crippen LogP contribution in [-0.2, 0) is 28.9 Å². The number of ether oxygens (including phenoxy) is 2. The summed E-state index contributed by atoms with van der Waals surface area (Å²) in [5.41, 5.74) is -4.39. The van der Waals surface area contributed by atoms with Gasteiger partial charge in [0.05, 0.1) is 11.5 Å². The molecule has 0 saturated carbocycles. The first-order valence-corrected chi connectivity index (χ1v) is 15.3. The monoisotopic (exact) mass is 649 g/mol. The molecular weight excluding hydrogens is 620 g/mol. The summed E-state index contributed by atoms with van der Waals surface area (Å²) in [6.45, 7) is 4.90. The standard InChI is InChI=1S/C22H27NO5S.C3H2F6O3S/c1-22(2,3)28-21(24)23-13-16(14-23)15-27-19-9-5-17(6-10-19)18-7-11-20(12-8-18)29(4,25)26;4-2(5,6)1-12-13(10,11)3(7,8)9/h5-12,16H,13-15H2,1-4H3;1H2. The second kappa shape index (κ2) is 13.1. The van der Waals surface area contributed by atoms with E-state index in [9.17, 15) is 48.0 Å². The van der Waals surface area contributed by atoms with Crippen molar-refractivity contribution in [1.29, 1.82) is 0 Å². The SMILES string of the molecule is CC(C)(C)OC(=O)N1CC(COc2ccc(-c3ccc(S(C)(=O)=O)cc3)cc2)C1.O=S(=O)(OCC(F)(F)F)C(F)(F)F. The van der Waals surface area contributed by atoms with Gasteiger partial charge in [-0.1, -0.05) is 24.3 Å². The van der Waals surface area contributed by atoms with Gasteiger partial charge in [0.25, 0.3) is 0 Å². The van der Waals surface area contributed by atoms with Crippen molar-refractivity contribution >= 4 is 26.0 Å². The summed E-state index contributed by atoms with van der Waals surface area (Å²) in [6, 6.07) is 14.5. The molecule has 0 bridgehead atoms. The largest absolute Gasteiger partial charge is 0.523 e. The third-order valence-electron chi connectivity index (χ3n) is 5.23. The van der Waals surface area contributed by atoms with E-state index in [4.69, 9.17) is 9.47 Å². The highest BCUT2D eigenvalue weighted by Crippen LogP contribution is 2.27. The fraction of sp³-hybridized carbons (Fsp3) is 0.480. The fourth-order valence-corrected chi connectivity index (χ4v) is 4.27. The number of benzene rings is 2. The van der Waals surface area contributed by atoms with Crippen molar-refractivity contribution in [1.82, 2.24) is 4.90 Å². The lowest BCUT2D eigenvalue weighted by Crippen LogP contribution is -2.53. The highest BCUT2D eigenvalue weighted by molar-refractivity contribution is 7.90. The molecule has 17 heteroatoms. The Kier molecular flexibility index (Phi) is 10.9. The molecule has 1 aliphatic heterocycles. The van der Waals surface area contributed by atoms with E-state index in [1.165, 1.54) is 6.26 Å². The van der Waals surface area contributed by atoms with Crippen LogP contribution in [0.2, 0.25) is 0 Å². The van der Waals surface area contributed by atoms with Crippen molar-refractivity contribution in [3.8, 4) is 16.9 Å². The Hall–Kier alpha value is -3.05. The summed E-state index contributed by atoms with van der Waals surface area (Å²) in [6.07, 6.45) is -4.21. The quantitative estimate of drug-likeness (QED) is 0.222. The summed E-state index contributed by atoms with van der Waals surface area (Å²) in [4.78, 5) is 13.9. The molecule has 2 aromatic rings. The van der Waals surface area contributed by atoms with Gasteiger partial charge in [0, 0.05) is 25.3 Å². The fourth-order valence-electron chi connectivity index (χ4n) is 3.21. The average Bonchev–Trinajstić information content (AvgIpc) is 2.80. The number of amides is 1. The molecule has 0 aromatic heterocycles. The van der Waals surface area contributed by atoms with Gasteiger partial charge in [0.1, 0.15) is 11.4 Å². The molecule has 9 nitrogen and oxygen atoms in total. The van der Waals surface area contributed by atoms with E-state index >= 15 is 0 Å². The zero-order chi connectivity index (χ0) is 32.1. The minimum absolute atomic E-state index is 0.278. The van der Waals surface area contributed by atoms with Gasteiger partial charge in [-0.05, 0) is 56.2 Å². The molecule has 0 N–H and O–H groups in total. The summed E-state index contributed by atoms with van der Waals surface area (Å²) < 4.78 is 124. The summed E-state index contributed by atoms with van der Waals surface area (Å²) in [5.74, 6) is 1.06. The Balaban J connectivity index is 0.000000401. The number of hydrogen-bond donors (Lipinski definition) is 0. The molecule has 42 heavy (non-hydrogen) atoms. The predicted molar refractivity (Wildman–Crippen MR) is 139 cm³/mol. The van der Waals surface area contributed by atoms with Gasteiger partial charge in [0.15, 0.2) is 16.4 Å². The number of alkyl halides is 6. The summed E-state index contributed by atoms with van der Waals surface area (Å²) >= 11 is 0. The molecule has 1 amide bonds. The highest BCUT2D eigenvalue weighted by Gasteiger charge is 2.49. The zero-order valence-electron chi connectivity index (χ0n) is 22.8. The summed E-state index contributed by atoms with van der Waals surface area (Å²) in [7, 11) is -9.34. The topological polar surface area (TPSA) is 116 Å². The minimum atomic E-state index is -6.15. The highest BCUT2D eigenvalue weighted by atomic mass is 32.2. The van der Waals surface area contributed by atoms with Gasteiger partial charge in [-0.2, -0.15) is 34.8 Å². The molecule has 1 aliphatic rings. The Morgan fingerprint density at radius 2 is 1.33 bits per heavy atom. The van der Waals surface area contributed by atoms with Crippen LogP contribution in [0.4, 0.5) is 31.1 Å². The number of halogens is 6. The van der Waals surface area contributed by atoms with Gasteiger partial charge in [-0.25, -0.2) is 13.2 Å². The van der Waals surface area contributed by atoms with E-state index in [2.05, 4.69) is 4.18 Å². The molecule has 0 radical (unpaired) electrons. The van der Waals surface area contributed by atoms with E-state index in [0.29, 0.717) is 30.5 Å². The van der Waals surface area contributed by atoms with Crippen LogP contribution in [0.5, 0.6) is 5.75 Å². The van der Waals surface area contributed by atoms with Crippen molar-refractivity contribution in [2.24, 2.45) is 5.92 Å². The van der Waals surface area contributed by atoms with Crippen molar-refractivity contribution in [3.05, 3.63) is 48.5 Å². The van der Waals surface area contributed by atoms with Gasteiger partial charge >= 0.3 is 27.9 Å². The molecule has 0 aliphatic carbocycles. The average molecular weight is 650 g/mol. The lowest BCUT2D eigenvalue weighted by molar-refractivity contribution is -0.156. The zero-order valence-corrected chi connectivity index (χ0v) is 24.5. The first-order valence-electron chi connectivity index (χ1n) is 12.0. The van der Waals surface area contributed by atoms with Crippen LogP contribution in [0, 0.1) is 5.92 Å². The number of sulfone groups is 1. The Labute approximate surface area is 239 Å². The number of rotatable bonds is 7. The first-order chi connectivity index (χ1) is 19.0. The smallest absolute Gasteiger partial charge is 0.493 e. The van der Waals surface area contributed by atoms with Crippen LogP contribution in [0.15, 0.2) is 53.4 Å². The number of nitrogens with zero attached hydrogens (tertiary/aromatic N) is 1. The van der Waals surface area contributed by atoms with Crippen LogP contribution in [0.25, 0.3) is 11.1 Å². The van der Waals surface area contributed by atoms with Crippen molar-refractivity contribution in [2.45, 2.75) is 43.0 Å². The Bertz CT molecular complexity index is 1410. The lowest BCUT2D eigenvalue weighted by atomic mass is 10.0. The van der Waals surface area contributed by atoms with Crippen molar-refractivity contribution < 1.29 is 61.6 Å². The molecule has 3 rings (SSSR count). The third kappa shape index (κ3) is 11.3. The van der Waals surface area contributed by atoms with Gasteiger partial charge in [-0.15, -0.1) is 0 Å². The third-order valence-corrected chi connectivity index (χ3v) is 7.35. The van der Waals surface area contributed by atoms with Crippen LogP contribution in [0.3, 0.4) is 0 Å². The molecule has 1 heterocycles. The molecule has 2 aromatic carbocycles. The van der Waals surface area contributed by atoms with Crippen LogP contribution >= 0.6 is 0 Å². The van der Waals surface area contributed by atoms with E-state index < -0.39 is 43.8 Å². The molecule has 0 spiro atoms. The summed E-state index contributed by atoms with van der Waals surface area (Å²) in [5, 5.41) is 0. The normalized spacial score (nSPS) is 14.9. The Morgan fingerprint density at radius 3 is 1.74 bits per heavy atom. The Morgan fingerprint density at radius 1 is 0.857 bits per heavy atom. The van der Waals surface area contributed by atoms with E-state index in [-0.39, 0.29) is 6.09 Å². The molecule has 0 unspecified atom stereocenters. The maximum absolute atomic E-state index is 11.9. The van der Waals surface area contributed by atoms with Crippen molar-refractivity contribution in [2.75, 3.05) is 32.6 Å². The molecule has 1 fully saturated rings. The van der Waals surface area contributed by atoms with Crippen LogP contribution in [0.1, 0.15) is 20.8 Å². The van der Waals surface area contributed by atoms with E-state index in [0.717, 1.165) is 16.9 Å². The van der Waals surface area contributed by atoms with Crippen LogP contribution in [-0.4, -0.2) is 77.7 Å².